The molecule has 1 aliphatic rings. The van der Waals surface area contributed by atoms with Crippen LogP contribution in [0.5, 0.6) is 0 Å². The summed E-state index contributed by atoms with van der Waals surface area (Å²) in [6.45, 7) is 0. The minimum absolute atomic E-state index is 0.115. The number of hydrogen-bond acceptors (Lipinski definition) is 4. The number of fused-ring (bicyclic) bond motifs is 1. The van der Waals surface area contributed by atoms with E-state index < -0.39 is 9.84 Å². The summed E-state index contributed by atoms with van der Waals surface area (Å²) in [5, 5.41) is 5.67. The number of carbonyl (C=O) groups excluding carboxylic acids is 2. The van der Waals surface area contributed by atoms with Crippen LogP contribution in [0, 0.1) is 0 Å². The fraction of sp³-hybridized carbons (Fsp3) is 0.222. The predicted octanol–water partition coefficient (Wildman–Crippen LogP) is 1.83. The molecule has 0 saturated carbocycles. The van der Waals surface area contributed by atoms with E-state index >= 15 is 0 Å². The first-order valence-corrected chi connectivity index (χ1v) is 9.69. The van der Waals surface area contributed by atoms with E-state index in [1.165, 1.54) is 12.1 Å². The number of carbonyl (C=O) groups is 2. The lowest BCUT2D eigenvalue weighted by Crippen LogP contribution is -2.35. The van der Waals surface area contributed by atoms with Crippen LogP contribution >= 0.6 is 0 Å². The van der Waals surface area contributed by atoms with Gasteiger partial charge in [-0.3, -0.25) is 9.59 Å². The van der Waals surface area contributed by atoms with Gasteiger partial charge in [0, 0.05) is 11.9 Å². The van der Waals surface area contributed by atoms with E-state index in [1.54, 1.807) is 18.2 Å². The number of sulfone groups is 1. The van der Waals surface area contributed by atoms with Crippen LogP contribution in [-0.4, -0.2) is 26.5 Å². The number of anilines is 1. The second-order valence-electron chi connectivity index (χ2n) is 6.05. The lowest BCUT2D eigenvalue weighted by atomic mass is 9.97. The van der Waals surface area contributed by atoms with Crippen molar-refractivity contribution >= 4 is 27.3 Å². The van der Waals surface area contributed by atoms with Crippen molar-refractivity contribution in [3.63, 3.8) is 0 Å². The maximum atomic E-state index is 12.3. The number of benzene rings is 2. The third-order valence-corrected chi connectivity index (χ3v) is 5.18. The molecule has 0 aliphatic carbocycles. The molecule has 0 fully saturated rings. The van der Waals surface area contributed by atoms with Gasteiger partial charge in [0.15, 0.2) is 9.84 Å². The maximum absolute atomic E-state index is 12.3. The summed E-state index contributed by atoms with van der Waals surface area (Å²) in [5.41, 5.74) is 2.29. The Morgan fingerprint density at radius 1 is 1.16 bits per heavy atom. The molecule has 2 amide bonds. The van der Waals surface area contributed by atoms with Crippen LogP contribution in [-0.2, 0) is 25.8 Å². The highest BCUT2D eigenvalue weighted by atomic mass is 32.2. The number of hydrogen-bond donors (Lipinski definition) is 2. The molecule has 25 heavy (non-hydrogen) atoms. The van der Waals surface area contributed by atoms with Gasteiger partial charge < -0.3 is 10.6 Å². The molecule has 0 spiro atoms. The van der Waals surface area contributed by atoms with Crippen molar-refractivity contribution in [3.05, 3.63) is 59.7 Å². The largest absolute Gasteiger partial charge is 0.348 e. The van der Waals surface area contributed by atoms with E-state index in [0.717, 1.165) is 11.8 Å². The smallest absolute Gasteiger partial charge is 0.226 e. The normalized spacial score (nSPS) is 16.7. The van der Waals surface area contributed by atoms with E-state index in [0.29, 0.717) is 11.3 Å². The summed E-state index contributed by atoms with van der Waals surface area (Å²) in [5.74, 6) is -0.358. The molecular formula is C18H18N2O4S. The minimum Gasteiger partial charge on any atom is -0.348 e. The maximum Gasteiger partial charge on any atom is 0.226 e. The lowest BCUT2D eigenvalue weighted by Gasteiger charge is -2.26. The van der Waals surface area contributed by atoms with Crippen LogP contribution < -0.4 is 10.6 Å². The van der Waals surface area contributed by atoms with Crippen LogP contribution in [0.2, 0.25) is 0 Å². The number of para-hydroxylation sites is 1. The fourth-order valence-electron chi connectivity index (χ4n) is 2.83. The molecule has 0 saturated heterocycles. The third kappa shape index (κ3) is 4.06. The molecule has 0 bridgehead atoms. The zero-order valence-corrected chi connectivity index (χ0v) is 14.5. The molecule has 2 aromatic carbocycles. The average molecular weight is 358 g/mol. The Labute approximate surface area is 146 Å². The van der Waals surface area contributed by atoms with Gasteiger partial charge in [-0.15, -0.1) is 0 Å². The molecule has 3 rings (SSSR count). The summed E-state index contributed by atoms with van der Waals surface area (Å²) < 4.78 is 22.9. The van der Waals surface area contributed by atoms with Gasteiger partial charge in [0.05, 0.1) is 23.8 Å². The lowest BCUT2D eigenvalue weighted by molar-refractivity contribution is -0.122. The highest BCUT2D eigenvalue weighted by molar-refractivity contribution is 7.90. The van der Waals surface area contributed by atoms with Crippen molar-refractivity contribution in [2.24, 2.45) is 0 Å². The average Bonchev–Trinajstić information content (AvgIpc) is 2.54. The Morgan fingerprint density at radius 2 is 1.84 bits per heavy atom. The summed E-state index contributed by atoms with van der Waals surface area (Å²) >= 11 is 0. The first-order chi connectivity index (χ1) is 11.8. The van der Waals surface area contributed by atoms with Gasteiger partial charge in [-0.1, -0.05) is 30.3 Å². The van der Waals surface area contributed by atoms with Crippen LogP contribution in [0.4, 0.5) is 5.69 Å². The molecule has 1 aliphatic heterocycles. The zero-order valence-electron chi connectivity index (χ0n) is 13.7. The van der Waals surface area contributed by atoms with Crippen molar-refractivity contribution < 1.29 is 18.0 Å². The van der Waals surface area contributed by atoms with Crippen LogP contribution in [0.3, 0.4) is 0 Å². The molecule has 7 heteroatoms. The molecule has 6 nitrogen and oxygen atoms in total. The molecule has 2 aromatic rings. The van der Waals surface area contributed by atoms with Gasteiger partial charge in [0.1, 0.15) is 0 Å². The Bertz CT molecular complexity index is 920. The fourth-order valence-corrected chi connectivity index (χ4v) is 3.46. The zero-order chi connectivity index (χ0) is 18.0. The monoisotopic (exact) mass is 358 g/mol. The Hall–Kier alpha value is -2.67. The second-order valence-corrected chi connectivity index (χ2v) is 8.07. The van der Waals surface area contributed by atoms with Crippen molar-refractivity contribution in [1.82, 2.24) is 5.32 Å². The van der Waals surface area contributed by atoms with Gasteiger partial charge in [0.2, 0.25) is 11.8 Å². The highest BCUT2D eigenvalue weighted by Gasteiger charge is 2.25. The van der Waals surface area contributed by atoms with Gasteiger partial charge in [-0.05, 0) is 29.3 Å². The summed E-state index contributed by atoms with van der Waals surface area (Å²) in [6.07, 6.45) is 1.44. The van der Waals surface area contributed by atoms with E-state index in [4.69, 9.17) is 0 Å². The van der Waals surface area contributed by atoms with Gasteiger partial charge >= 0.3 is 0 Å². The molecule has 1 heterocycles. The number of amides is 2. The highest BCUT2D eigenvalue weighted by Crippen LogP contribution is 2.29. The molecule has 2 N–H and O–H groups in total. The summed E-state index contributed by atoms with van der Waals surface area (Å²) in [6, 6.07) is 13.2. The van der Waals surface area contributed by atoms with Crippen molar-refractivity contribution in [2.75, 3.05) is 11.6 Å². The Balaban J connectivity index is 1.70. The van der Waals surface area contributed by atoms with Crippen LogP contribution in [0.25, 0.3) is 0 Å². The Morgan fingerprint density at radius 3 is 2.52 bits per heavy atom. The molecular weight excluding hydrogens is 340 g/mol. The quantitative estimate of drug-likeness (QED) is 0.872. The summed E-state index contributed by atoms with van der Waals surface area (Å²) in [7, 11) is -3.26. The van der Waals surface area contributed by atoms with Crippen molar-refractivity contribution in [3.8, 4) is 0 Å². The standard InChI is InChI=1S/C18H18N2O4S/c1-25(23,24)13-8-6-12(7-9-13)10-17(21)20-16-11-18(22)19-15-5-3-2-4-14(15)16/h2-9,16H,10-11H2,1H3,(H,19,22)(H,20,21)/t16-/m0/s1. The van der Waals surface area contributed by atoms with E-state index in [9.17, 15) is 18.0 Å². The van der Waals surface area contributed by atoms with E-state index in [-0.39, 0.29) is 35.6 Å². The molecule has 0 aromatic heterocycles. The predicted molar refractivity (Wildman–Crippen MR) is 93.8 cm³/mol. The minimum atomic E-state index is -3.26. The second kappa shape index (κ2) is 6.68. The summed E-state index contributed by atoms with van der Waals surface area (Å²) in [4.78, 5) is 24.3. The van der Waals surface area contributed by atoms with E-state index in [1.807, 2.05) is 18.2 Å². The first-order valence-electron chi connectivity index (χ1n) is 7.80. The molecule has 130 valence electrons. The van der Waals surface area contributed by atoms with Crippen LogP contribution in [0.15, 0.2) is 53.4 Å². The van der Waals surface area contributed by atoms with Crippen LogP contribution in [0.1, 0.15) is 23.6 Å². The van der Waals surface area contributed by atoms with Gasteiger partial charge in [0.25, 0.3) is 0 Å². The van der Waals surface area contributed by atoms with Gasteiger partial charge in [-0.2, -0.15) is 0 Å². The number of rotatable bonds is 4. The SMILES string of the molecule is CS(=O)(=O)c1ccc(CC(=O)N[C@H]2CC(=O)Nc3ccccc32)cc1. The molecule has 1 atom stereocenters. The molecule has 0 radical (unpaired) electrons. The van der Waals surface area contributed by atoms with Crippen molar-refractivity contribution in [2.45, 2.75) is 23.8 Å². The topological polar surface area (TPSA) is 92.3 Å². The van der Waals surface area contributed by atoms with E-state index in [2.05, 4.69) is 10.6 Å². The first kappa shape index (κ1) is 17.2. The molecule has 0 unspecified atom stereocenters. The van der Waals surface area contributed by atoms with Crippen molar-refractivity contribution in [1.29, 1.82) is 0 Å². The number of nitrogens with one attached hydrogen (secondary N) is 2. The third-order valence-electron chi connectivity index (χ3n) is 4.05. The Kier molecular flexibility index (Phi) is 4.59. The van der Waals surface area contributed by atoms with Gasteiger partial charge in [-0.25, -0.2) is 8.42 Å².